The Balaban J connectivity index is 2.29. The second-order valence-electron chi connectivity index (χ2n) is 5.18. The van der Waals surface area contributed by atoms with Crippen LogP contribution in [0.5, 0.6) is 5.75 Å². The average Bonchev–Trinajstić information content (AvgIpc) is 2.97. The number of carbonyl (C=O) groups excluding carboxylic acids is 2. The quantitative estimate of drug-likeness (QED) is 0.832. The minimum absolute atomic E-state index is 0.108. The van der Waals surface area contributed by atoms with Crippen molar-refractivity contribution in [3.05, 3.63) is 41.7 Å². The second-order valence-corrected chi connectivity index (χ2v) is 5.18. The third-order valence-electron chi connectivity index (χ3n) is 3.39. The molecule has 1 aromatic heterocycles. The molecule has 0 aliphatic carbocycles. The molecule has 0 saturated heterocycles. The molecular weight excluding hydrogens is 324 g/mol. The first-order valence-corrected chi connectivity index (χ1v) is 7.33. The molecule has 8 nitrogen and oxygen atoms in total. The van der Waals surface area contributed by atoms with Crippen LogP contribution in [0.1, 0.15) is 16.1 Å². The lowest BCUT2D eigenvalue weighted by molar-refractivity contribution is -0.119. The molecule has 0 atom stereocenters. The summed E-state index contributed by atoms with van der Waals surface area (Å²) in [7, 11) is 4.58. The molecule has 0 saturated carbocycles. The van der Waals surface area contributed by atoms with Crippen LogP contribution in [0.4, 0.5) is 11.4 Å². The summed E-state index contributed by atoms with van der Waals surface area (Å²) in [6, 6.07) is 8.34. The van der Waals surface area contributed by atoms with Gasteiger partial charge in [-0.15, -0.1) is 0 Å². The zero-order chi connectivity index (χ0) is 18.4. The second kappa shape index (κ2) is 7.99. The van der Waals surface area contributed by atoms with Crippen molar-refractivity contribution in [1.82, 2.24) is 4.57 Å². The molecule has 2 N–H and O–H groups in total. The smallest absolute Gasteiger partial charge is 0.272 e. The predicted octanol–water partition coefficient (Wildman–Crippen LogP) is 1.74. The molecule has 0 radical (unpaired) electrons. The van der Waals surface area contributed by atoms with Gasteiger partial charge in [0.2, 0.25) is 5.91 Å². The summed E-state index contributed by atoms with van der Waals surface area (Å²) in [6.07, 6.45) is 1.56. The number of methoxy groups -OCH3 is 2. The molecule has 2 amide bonds. The van der Waals surface area contributed by atoms with Gasteiger partial charge in [0.15, 0.2) is 0 Å². The molecule has 8 heteroatoms. The largest absolute Gasteiger partial charge is 0.497 e. The van der Waals surface area contributed by atoms with E-state index < -0.39 is 5.91 Å². The number of rotatable bonds is 6. The van der Waals surface area contributed by atoms with Crippen LogP contribution >= 0.6 is 0 Å². The number of hydrogen-bond donors (Lipinski definition) is 2. The van der Waals surface area contributed by atoms with Crippen molar-refractivity contribution < 1.29 is 19.1 Å². The standard InChI is InChI=1S/C17H18N4O4/c1-21-9-11(8-18)6-15(21)17(23)20-14-7-12(25-3)4-5-13(14)19-16(22)10-24-2/h4-7,9H,10H2,1-3H3,(H,19,22)(H,20,23). The zero-order valence-electron chi connectivity index (χ0n) is 14.1. The first-order valence-electron chi connectivity index (χ1n) is 7.33. The van der Waals surface area contributed by atoms with E-state index in [2.05, 4.69) is 10.6 Å². The van der Waals surface area contributed by atoms with Crippen LogP contribution in [0.2, 0.25) is 0 Å². The number of aromatic nitrogens is 1. The van der Waals surface area contributed by atoms with Crippen molar-refractivity contribution in [1.29, 1.82) is 5.26 Å². The van der Waals surface area contributed by atoms with E-state index in [-0.39, 0.29) is 12.5 Å². The van der Waals surface area contributed by atoms with Gasteiger partial charge in [-0.25, -0.2) is 0 Å². The Labute approximate surface area is 145 Å². The van der Waals surface area contributed by atoms with Crippen LogP contribution in [0, 0.1) is 11.3 Å². The van der Waals surface area contributed by atoms with Crippen molar-refractivity contribution in [2.45, 2.75) is 0 Å². The van der Waals surface area contributed by atoms with Crippen LogP contribution in [0.3, 0.4) is 0 Å². The normalized spacial score (nSPS) is 10.0. The van der Waals surface area contributed by atoms with Crippen molar-refractivity contribution in [2.75, 3.05) is 31.5 Å². The van der Waals surface area contributed by atoms with Gasteiger partial charge < -0.3 is 24.7 Å². The summed E-state index contributed by atoms with van der Waals surface area (Å²) in [6.45, 7) is -0.108. The van der Waals surface area contributed by atoms with Crippen LogP contribution in [-0.2, 0) is 16.6 Å². The number of aryl methyl sites for hydroxylation is 1. The molecule has 2 aromatic rings. The Bertz CT molecular complexity index is 836. The van der Waals surface area contributed by atoms with Crippen molar-refractivity contribution in [2.24, 2.45) is 7.05 Å². The Morgan fingerprint density at radius 1 is 1.20 bits per heavy atom. The van der Waals surface area contributed by atoms with Gasteiger partial charge >= 0.3 is 0 Å². The number of nitrogens with one attached hydrogen (secondary N) is 2. The summed E-state index contributed by atoms with van der Waals surface area (Å²) >= 11 is 0. The van der Waals surface area contributed by atoms with Gasteiger partial charge in [0.25, 0.3) is 5.91 Å². The highest BCUT2D eigenvalue weighted by atomic mass is 16.5. The molecule has 130 valence electrons. The van der Waals surface area contributed by atoms with Gasteiger partial charge in [-0.05, 0) is 18.2 Å². The summed E-state index contributed by atoms with van der Waals surface area (Å²) in [5, 5.41) is 14.3. The maximum Gasteiger partial charge on any atom is 0.272 e. The minimum Gasteiger partial charge on any atom is -0.497 e. The van der Waals surface area contributed by atoms with E-state index in [1.165, 1.54) is 20.3 Å². The average molecular weight is 342 g/mol. The number of nitrogens with zero attached hydrogens (tertiary/aromatic N) is 2. The van der Waals surface area contributed by atoms with E-state index in [0.29, 0.717) is 28.4 Å². The molecule has 1 heterocycles. The maximum atomic E-state index is 12.5. The molecule has 25 heavy (non-hydrogen) atoms. The molecule has 2 rings (SSSR count). The number of carbonyl (C=O) groups is 2. The topological polar surface area (TPSA) is 105 Å². The van der Waals surface area contributed by atoms with Crippen LogP contribution < -0.4 is 15.4 Å². The molecule has 0 bridgehead atoms. The highest BCUT2D eigenvalue weighted by molar-refractivity contribution is 6.07. The van der Waals surface area contributed by atoms with Gasteiger partial charge in [-0.3, -0.25) is 9.59 Å². The monoisotopic (exact) mass is 342 g/mol. The third kappa shape index (κ3) is 4.37. The molecule has 0 spiro atoms. The highest BCUT2D eigenvalue weighted by Gasteiger charge is 2.15. The third-order valence-corrected chi connectivity index (χ3v) is 3.39. The summed E-state index contributed by atoms with van der Waals surface area (Å²) in [4.78, 5) is 24.3. The molecule has 0 unspecified atom stereocenters. The fraction of sp³-hybridized carbons (Fsp3) is 0.235. The van der Waals surface area contributed by atoms with Crippen LogP contribution in [0.25, 0.3) is 0 Å². The molecule has 1 aromatic carbocycles. The maximum absolute atomic E-state index is 12.5. The number of amides is 2. The van der Waals surface area contributed by atoms with Gasteiger partial charge in [-0.2, -0.15) is 5.26 Å². The number of nitriles is 1. The first-order chi connectivity index (χ1) is 12.0. The lowest BCUT2D eigenvalue weighted by atomic mass is 10.2. The lowest BCUT2D eigenvalue weighted by Gasteiger charge is -2.14. The van der Waals surface area contributed by atoms with E-state index in [1.807, 2.05) is 6.07 Å². The van der Waals surface area contributed by atoms with Crippen LogP contribution in [-0.4, -0.2) is 37.2 Å². The lowest BCUT2D eigenvalue weighted by Crippen LogP contribution is -2.20. The van der Waals surface area contributed by atoms with E-state index in [4.69, 9.17) is 14.7 Å². The Morgan fingerprint density at radius 2 is 1.96 bits per heavy atom. The number of hydrogen-bond acceptors (Lipinski definition) is 5. The van der Waals surface area contributed by atoms with E-state index in [9.17, 15) is 9.59 Å². The first kappa shape index (κ1) is 18.0. The fourth-order valence-electron chi connectivity index (χ4n) is 2.22. The van der Waals surface area contributed by atoms with E-state index in [0.717, 1.165) is 0 Å². The number of ether oxygens (including phenoxy) is 2. The van der Waals surface area contributed by atoms with Gasteiger partial charge in [0.05, 0.1) is 24.0 Å². The van der Waals surface area contributed by atoms with Crippen LogP contribution in [0.15, 0.2) is 30.5 Å². The predicted molar refractivity (Wildman–Crippen MR) is 91.6 cm³/mol. The Kier molecular flexibility index (Phi) is 5.76. The molecule has 0 aliphatic heterocycles. The van der Waals surface area contributed by atoms with E-state index >= 15 is 0 Å². The van der Waals surface area contributed by atoms with Crippen molar-refractivity contribution >= 4 is 23.2 Å². The van der Waals surface area contributed by atoms with Crippen molar-refractivity contribution in [3.8, 4) is 11.8 Å². The zero-order valence-corrected chi connectivity index (χ0v) is 14.1. The summed E-state index contributed by atoms with van der Waals surface area (Å²) < 4.78 is 11.5. The summed E-state index contributed by atoms with van der Waals surface area (Å²) in [5.74, 6) is -0.252. The number of benzene rings is 1. The molecule has 0 fully saturated rings. The van der Waals surface area contributed by atoms with Gasteiger partial charge in [0, 0.05) is 26.4 Å². The van der Waals surface area contributed by atoms with Gasteiger partial charge in [0.1, 0.15) is 24.1 Å². The fourth-order valence-corrected chi connectivity index (χ4v) is 2.22. The minimum atomic E-state index is -0.417. The number of anilines is 2. The van der Waals surface area contributed by atoms with Gasteiger partial charge in [-0.1, -0.05) is 0 Å². The molecule has 0 aliphatic rings. The van der Waals surface area contributed by atoms with E-state index in [1.54, 1.807) is 36.0 Å². The highest BCUT2D eigenvalue weighted by Crippen LogP contribution is 2.27. The Morgan fingerprint density at radius 3 is 2.56 bits per heavy atom. The van der Waals surface area contributed by atoms with Crippen molar-refractivity contribution in [3.63, 3.8) is 0 Å². The summed E-state index contributed by atoms with van der Waals surface area (Å²) in [5.41, 5.74) is 1.47. The SMILES string of the molecule is COCC(=O)Nc1ccc(OC)cc1NC(=O)c1cc(C#N)cn1C. The Hall–Kier alpha value is -3.31. The molecular formula is C17H18N4O4.